The Bertz CT molecular complexity index is 336. The molecule has 0 saturated carbocycles. The summed E-state index contributed by atoms with van der Waals surface area (Å²) in [5, 5.41) is 12.2. The lowest BCUT2D eigenvalue weighted by Gasteiger charge is -2.07. The number of anilines is 1. The van der Waals surface area contributed by atoms with E-state index in [0.29, 0.717) is 5.69 Å². The number of ether oxygens (including phenoxy) is 1. The average molecular weight is 195 g/mol. The van der Waals surface area contributed by atoms with Crippen molar-refractivity contribution in [2.24, 2.45) is 0 Å². The zero-order chi connectivity index (χ0) is 10.6. The van der Waals surface area contributed by atoms with E-state index < -0.39 is 0 Å². The van der Waals surface area contributed by atoms with E-state index in [9.17, 15) is 9.90 Å². The molecule has 0 fully saturated rings. The predicted molar refractivity (Wildman–Crippen MR) is 53.3 cm³/mol. The van der Waals surface area contributed by atoms with Gasteiger partial charge in [0.15, 0.2) is 0 Å². The molecule has 0 bridgehead atoms. The Balaban J connectivity index is 2.66. The third-order valence-corrected chi connectivity index (χ3v) is 1.80. The second-order valence-electron chi connectivity index (χ2n) is 2.95. The van der Waals surface area contributed by atoms with Crippen molar-refractivity contribution < 1.29 is 14.6 Å². The van der Waals surface area contributed by atoms with Crippen LogP contribution in [0.25, 0.3) is 0 Å². The zero-order valence-electron chi connectivity index (χ0n) is 8.20. The highest BCUT2D eigenvalue weighted by Crippen LogP contribution is 2.23. The molecule has 76 valence electrons. The van der Waals surface area contributed by atoms with Gasteiger partial charge < -0.3 is 15.2 Å². The number of nitrogens with one attached hydrogen (secondary N) is 1. The summed E-state index contributed by atoms with van der Waals surface area (Å²) in [5.41, 5.74) is 1.55. The quantitative estimate of drug-likeness (QED) is 0.563. The second kappa shape index (κ2) is 4.50. The standard InChI is InChI=1S/C10H13NO3/c1-7-3-4-9(12)8(5-7)11-6-10(13)14-2/h3-5,11-12H,6H2,1-2H3. The highest BCUT2D eigenvalue weighted by molar-refractivity contribution is 5.75. The fourth-order valence-corrected chi connectivity index (χ4v) is 1.03. The minimum atomic E-state index is -0.370. The fourth-order valence-electron chi connectivity index (χ4n) is 1.03. The summed E-state index contributed by atoms with van der Waals surface area (Å²) in [5.74, 6) is -0.245. The first-order chi connectivity index (χ1) is 6.63. The number of rotatable bonds is 3. The minimum Gasteiger partial charge on any atom is -0.506 e. The van der Waals surface area contributed by atoms with Crippen LogP contribution in [0.4, 0.5) is 5.69 Å². The monoisotopic (exact) mass is 195 g/mol. The third-order valence-electron chi connectivity index (χ3n) is 1.80. The summed E-state index contributed by atoms with van der Waals surface area (Å²) in [6.45, 7) is 1.95. The number of hydrogen-bond donors (Lipinski definition) is 2. The van der Waals surface area contributed by atoms with Gasteiger partial charge in [0.2, 0.25) is 0 Å². The number of esters is 1. The molecule has 4 nitrogen and oxygen atoms in total. The maximum absolute atomic E-state index is 10.8. The maximum Gasteiger partial charge on any atom is 0.325 e. The van der Waals surface area contributed by atoms with Crippen LogP contribution >= 0.6 is 0 Å². The molecule has 1 aromatic rings. The van der Waals surface area contributed by atoms with Crippen molar-refractivity contribution in [3.63, 3.8) is 0 Å². The Morgan fingerprint density at radius 3 is 2.93 bits per heavy atom. The summed E-state index contributed by atoms with van der Waals surface area (Å²) >= 11 is 0. The van der Waals surface area contributed by atoms with E-state index in [2.05, 4.69) is 10.1 Å². The Morgan fingerprint density at radius 2 is 2.29 bits per heavy atom. The Labute approximate surface area is 82.5 Å². The number of carbonyl (C=O) groups is 1. The van der Waals surface area contributed by atoms with Crippen LogP contribution in [0.1, 0.15) is 5.56 Å². The van der Waals surface area contributed by atoms with Gasteiger partial charge in [0, 0.05) is 0 Å². The summed E-state index contributed by atoms with van der Waals surface area (Å²) in [4.78, 5) is 10.8. The molecule has 0 heterocycles. The van der Waals surface area contributed by atoms with E-state index in [0.717, 1.165) is 5.56 Å². The Morgan fingerprint density at radius 1 is 1.57 bits per heavy atom. The Hall–Kier alpha value is -1.71. The molecule has 0 radical (unpaired) electrons. The lowest BCUT2D eigenvalue weighted by Crippen LogP contribution is -2.14. The van der Waals surface area contributed by atoms with Crippen molar-refractivity contribution in [1.29, 1.82) is 0 Å². The van der Waals surface area contributed by atoms with Crippen LogP contribution in [-0.4, -0.2) is 24.7 Å². The van der Waals surface area contributed by atoms with E-state index in [-0.39, 0.29) is 18.3 Å². The van der Waals surface area contributed by atoms with Crippen molar-refractivity contribution in [3.05, 3.63) is 23.8 Å². The summed E-state index contributed by atoms with van der Waals surface area (Å²) in [6, 6.07) is 5.13. The molecule has 14 heavy (non-hydrogen) atoms. The van der Waals surface area contributed by atoms with Crippen LogP contribution in [0.15, 0.2) is 18.2 Å². The lowest BCUT2D eigenvalue weighted by atomic mass is 10.2. The Kier molecular flexibility index (Phi) is 3.34. The van der Waals surface area contributed by atoms with Crippen molar-refractivity contribution in [2.45, 2.75) is 6.92 Å². The van der Waals surface area contributed by atoms with Gasteiger partial charge in [0.25, 0.3) is 0 Å². The second-order valence-corrected chi connectivity index (χ2v) is 2.95. The first-order valence-corrected chi connectivity index (χ1v) is 4.24. The number of hydrogen-bond acceptors (Lipinski definition) is 4. The molecule has 1 aromatic carbocycles. The molecule has 0 aliphatic rings. The zero-order valence-corrected chi connectivity index (χ0v) is 8.20. The van der Waals surface area contributed by atoms with Crippen LogP contribution in [0.3, 0.4) is 0 Å². The number of phenolic OH excluding ortho intramolecular Hbond substituents is 1. The van der Waals surface area contributed by atoms with Gasteiger partial charge in [0.05, 0.1) is 12.8 Å². The van der Waals surface area contributed by atoms with E-state index >= 15 is 0 Å². The van der Waals surface area contributed by atoms with Crippen LogP contribution in [0.2, 0.25) is 0 Å². The number of aromatic hydroxyl groups is 1. The number of phenols is 1. The molecule has 4 heteroatoms. The summed E-state index contributed by atoms with van der Waals surface area (Å²) < 4.78 is 4.46. The first kappa shape index (κ1) is 10.4. The van der Waals surface area contributed by atoms with Gasteiger partial charge in [-0.25, -0.2) is 0 Å². The molecule has 1 rings (SSSR count). The van der Waals surface area contributed by atoms with Crippen molar-refractivity contribution in [3.8, 4) is 5.75 Å². The van der Waals surface area contributed by atoms with Gasteiger partial charge in [-0.05, 0) is 24.6 Å². The molecule has 0 aliphatic carbocycles. The number of benzene rings is 1. The molecular formula is C10H13NO3. The van der Waals surface area contributed by atoms with Gasteiger partial charge in [0.1, 0.15) is 12.3 Å². The highest BCUT2D eigenvalue weighted by atomic mass is 16.5. The molecule has 2 N–H and O–H groups in total. The molecule has 0 spiro atoms. The van der Waals surface area contributed by atoms with Crippen molar-refractivity contribution in [1.82, 2.24) is 0 Å². The fraction of sp³-hybridized carbons (Fsp3) is 0.300. The van der Waals surface area contributed by atoms with Gasteiger partial charge in [-0.15, -0.1) is 0 Å². The van der Waals surface area contributed by atoms with Crippen molar-refractivity contribution in [2.75, 3.05) is 19.0 Å². The highest BCUT2D eigenvalue weighted by Gasteiger charge is 2.03. The molecule has 0 aliphatic heterocycles. The van der Waals surface area contributed by atoms with E-state index in [1.54, 1.807) is 18.2 Å². The van der Waals surface area contributed by atoms with Crippen LogP contribution in [0.5, 0.6) is 5.75 Å². The van der Waals surface area contributed by atoms with Crippen molar-refractivity contribution >= 4 is 11.7 Å². The predicted octanol–water partition coefficient (Wildman–Crippen LogP) is 1.29. The van der Waals surface area contributed by atoms with Gasteiger partial charge in [-0.1, -0.05) is 6.07 Å². The number of carbonyl (C=O) groups excluding carboxylic acids is 1. The number of aryl methyl sites for hydroxylation is 1. The van der Waals surface area contributed by atoms with Gasteiger partial charge in [-0.3, -0.25) is 4.79 Å². The van der Waals surface area contributed by atoms with Crippen LogP contribution < -0.4 is 5.32 Å². The molecule has 0 amide bonds. The van der Waals surface area contributed by atoms with Crippen LogP contribution in [-0.2, 0) is 9.53 Å². The summed E-state index contributed by atoms with van der Waals surface area (Å²) in [6.07, 6.45) is 0. The van der Waals surface area contributed by atoms with Crippen LogP contribution in [0, 0.1) is 6.92 Å². The molecule has 0 atom stereocenters. The largest absolute Gasteiger partial charge is 0.506 e. The normalized spacial score (nSPS) is 9.57. The molecule has 0 saturated heterocycles. The van der Waals surface area contributed by atoms with E-state index in [1.165, 1.54) is 7.11 Å². The molecule has 0 unspecified atom stereocenters. The minimum absolute atomic E-state index is 0.0491. The third kappa shape index (κ3) is 2.65. The average Bonchev–Trinajstić information content (AvgIpc) is 2.19. The smallest absolute Gasteiger partial charge is 0.325 e. The van der Waals surface area contributed by atoms with Gasteiger partial charge in [-0.2, -0.15) is 0 Å². The van der Waals surface area contributed by atoms with E-state index in [4.69, 9.17) is 0 Å². The lowest BCUT2D eigenvalue weighted by molar-refractivity contribution is -0.138. The maximum atomic E-state index is 10.8. The summed E-state index contributed by atoms with van der Waals surface area (Å²) in [7, 11) is 1.32. The topological polar surface area (TPSA) is 58.6 Å². The van der Waals surface area contributed by atoms with Gasteiger partial charge >= 0.3 is 5.97 Å². The molecular weight excluding hydrogens is 182 g/mol. The van der Waals surface area contributed by atoms with E-state index in [1.807, 2.05) is 6.92 Å². The first-order valence-electron chi connectivity index (χ1n) is 4.24. The number of methoxy groups -OCH3 is 1. The SMILES string of the molecule is COC(=O)CNc1cc(C)ccc1O. The molecule has 0 aromatic heterocycles.